The molecule has 98 valence electrons. The molecule has 1 aliphatic rings. The topological polar surface area (TPSA) is 44.5 Å². The lowest BCUT2D eigenvalue weighted by atomic mass is 10.2. The van der Waals surface area contributed by atoms with Crippen molar-refractivity contribution in [2.24, 2.45) is 5.73 Å². The smallest absolute Gasteiger partial charge is 0.106 e. The number of rotatable bonds is 3. The van der Waals surface area contributed by atoms with Crippen molar-refractivity contribution in [1.29, 1.82) is 0 Å². The van der Waals surface area contributed by atoms with Gasteiger partial charge in [0.1, 0.15) is 4.99 Å². The Kier molecular flexibility index (Phi) is 4.55. The molecule has 0 radical (unpaired) electrons. The molecule has 0 bridgehead atoms. The molecular weight excluding hydrogens is 312 g/mol. The van der Waals surface area contributed by atoms with Gasteiger partial charge in [-0.1, -0.05) is 28.1 Å². The van der Waals surface area contributed by atoms with Gasteiger partial charge in [0, 0.05) is 36.2 Å². The highest BCUT2D eigenvalue weighted by Gasteiger charge is 2.15. The van der Waals surface area contributed by atoms with Gasteiger partial charge < -0.3 is 16.1 Å². The molecule has 1 fully saturated rings. The Hall–Kier alpha value is -0.690. The summed E-state index contributed by atoms with van der Waals surface area (Å²) in [5.41, 5.74) is 11.0. The first-order chi connectivity index (χ1) is 8.56. The molecule has 18 heavy (non-hydrogen) atoms. The highest BCUT2D eigenvalue weighted by molar-refractivity contribution is 9.10. The predicted molar refractivity (Wildman–Crippen MR) is 82.7 cm³/mol. The number of anilines is 1. The third kappa shape index (κ3) is 3.41. The molecule has 6 heteroatoms. The second-order valence-electron chi connectivity index (χ2n) is 4.46. The van der Waals surface area contributed by atoms with Crippen molar-refractivity contribution in [1.82, 2.24) is 9.91 Å². The van der Waals surface area contributed by atoms with Gasteiger partial charge in [-0.25, -0.2) is 5.01 Å². The van der Waals surface area contributed by atoms with E-state index < -0.39 is 0 Å². The summed E-state index contributed by atoms with van der Waals surface area (Å²) in [4.78, 5) is 2.73. The minimum absolute atomic E-state index is 0.416. The Balaban J connectivity index is 2.12. The molecule has 0 atom stereocenters. The number of piperazine rings is 1. The van der Waals surface area contributed by atoms with E-state index in [9.17, 15) is 0 Å². The van der Waals surface area contributed by atoms with E-state index in [2.05, 4.69) is 38.3 Å². The molecule has 1 heterocycles. The largest absolute Gasteiger partial charge is 0.389 e. The minimum atomic E-state index is 0.416. The Morgan fingerprint density at radius 3 is 2.61 bits per heavy atom. The van der Waals surface area contributed by atoms with Crippen LogP contribution in [0.15, 0.2) is 22.7 Å². The Morgan fingerprint density at radius 2 is 2.00 bits per heavy atom. The minimum Gasteiger partial charge on any atom is -0.389 e. The highest BCUT2D eigenvalue weighted by atomic mass is 79.9. The predicted octanol–water partition coefficient (Wildman–Crippen LogP) is 1.66. The number of hydrazine groups is 1. The van der Waals surface area contributed by atoms with E-state index in [1.165, 1.54) is 0 Å². The summed E-state index contributed by atoms with van der Waals surface area (Å²) >= 11 is 8.54. The Labute approximate surface area is 121 Å². The first-order valence-electron chi connectivity index (χ1n) is 5.86. The zero-order valence-corrected chi connectivity index (χ0v) is 12.7. The maximum absolute atomic E-state index is 5.74. The van der Waals surface area contributed by atoms with Gasteiger partial charge in [-0.2, -0.15) is 0 Å². The van der Waals surface area contributed by atoms with E-state index in [0.29, 0.717) is 4.99 Å². The third-order valence-electron chi connectivity index (χ3n) is 3.03. The van der Waals surface area contributed by atoms with Gasteiger partial charge in [-0.3, -0.25) is 0 Å². The van der Waals surface area contributed by atoms with Gasteiger partial charge >= 0.3 is 0 Å². The molecule has 1 aromatic rings. The monoisotopic (exact) mass is 328 g/mol. The molecule has 0 spiro atoms. The summed E-state index contributed by atoms with van der Waals surface area (Å²) < 4.78 is 1.01. The lowest BCUT2D eigenvalue weighted by Crippen LogP contribution is -2.47. The van der Waals surface area contributed by atoms with Gasteiger partial charge in [0.25, 0.3) is 0 Å². The van der Waals surface area contributed by atoms with Crippen LogP contribution in [0.2, 0.25) is 0 Å². The maximum atomic E-state index is 5.74. The fraction of sp³-hybridized carbons (Fsp3) is 0.417. The lowest BCUT2D eigenvalue weighted by molar-refractivity contribution is 0.179. The summed E-state index contributed by atoms with van der Waals surface area (Å²) in [6, 6.07) is 5.89. The number of halogens is 1. The fourth-order valence-electron chi connectivity index (χ4n) is 1.91. The average molecular weight is 329 g/mol. The van der Waals surface area contributed by atoms with Crippen molar-refractivity contribution in [2.75, 3.05) is 38.7 Å². The van der Waals surface area contributed by atoms with Crippen molar-refractivity contribution in [3.8, 4) is 0 Å². The maximum Gasteiger partial charge on any atom is 0.106 e. The van der Waals surface area contributed by atoms with Crippen LogP contribution in [-0.2, 0) is 0 Å². The summed E-state index contributed by atoms with van der Waals surface area (Å²) in [6.45, 7) is 4.09. The van der Waals surface area contributed by atoms with Crippen LogP contribution in [0.1, 0.15) is 5.56 Å². The van der Waals surface area contributed by atoms with Crippen LogP contribution in [0.4, 0.5) is 5.69 Å². The van der Waals surface area contributed by atoms with Crippen LogP contribution in [-0.4, -0.2) is 48.1 Å². The van der Waals surface area contributed by atoms with Gasteiger partial charge in [0.2, 0.25) is 0 Å². The van der Waals surface area contributed by atoms with E-state index in [1.54, 1.807) is 0 Å². The van der Waals surface area contributed by atoms with Gasteiger partial charge in [-0.15, -0.1) is 0 Å². The van der Waals surface area contributed by atoms with E-state index in [-0.39, 0.29) is 0 Å². The molecule has 0 saturated carbocycles. The van der Waals surface area contributed by atoms with Crippen molar-refractivity contribution < 1.29 is 0 Å². The van der Waals surface area contributed by atoms with Gasteiger partial charge in [0.15, 0.2) is 0 Å². The second-order valence-corrected chi connectivity index (χ2v) is 5.81. The van der Waals surface area contributed by atoms with E-state index in [4.69, 9.17) is 18.0 Å². The number of benzene rings is 1. The van der Waals surface area contributed by atoms with E-state index in [1.807, 2.05) is 18.2 Å². The van der Waals surface area contributed by atoms with Crippen molar-refractivity contribution in [3.63, 3.8) is 0 Å². The third-order valence-corrected chi connectivity index (χ3v) is 3.74. The standard InChI is InChI=1S/C12H17BrN4S/c1-16-4-6-17(7-5-16)15-11-8-9(13)2-3-10(11)12(14)18/h2-3,8,15H,4-7H2,1H3,(H2,14,18). The van der Waals surface area contributed by atoms with Crippen LogP contribution < -0.4 is 11.2 Å². The first-order valence-corrected chi connectivity index (χ1v) is 7.06. The number of nitrogens with two attached hydrogens (primary N) is 1. The SMILES string of the molecule is CN1CCN(Nc2cc(Br)ccc2C(N)=S)CC1. The molecule has 0 unspecified atom stereocenters. The van der Waals surface area contributed by atoms with E-state index in [0.717, 1.165) is 41.9 Å². The molecule has 3 N–H and O–H groups in total. The van der Waals surface area contributed by atoms with Crippen LogP contribution in [0.3, 0.4) is 0 Å². The molecule has 4 nitrogen and oxygen atoms in total. The first kappa shape index (κ1) is 13.7. The van der Waals surface area contributed by atoms with Crippen molar-refractivity contribution >= 4 is 38.8 Å². The Morgan fingerprint density at radius 1 is 1.33 bits per heavy atom. The molecule has 1 saturated heterocycles. The molecule has 0 amide bonds. The van der Waals surface area contributed by atoms with Crippen LogP contribution >= 0.6 is 28.1 Å². The number of hydrogen-bond donors (Lipinski definition) is 2. The molecule has 0 aliphatic carbocycles. The molecule has 2 rings (SSSR count). The number of likely N-dealkylation sites (N-methyl/N-ethyl adjacent to an activating group) is 1. The summed E-state index contributed by atoms with van der Waals surface area (Å²) in [5.74, 6) is 0. The quantitative estimate of drug-likeness (QED) is 0.826. The molecule has 1 aromatic carbocycles. The second kappa shape index (κ2) is 5.97. The van der Waals surface area contributed by atoms with Gasteiger partial charge in [0.05, 0.1) is 5.69 Å². The fourth-order valence-corrected chi connectivity index (χ4v) is 2.45. The summed E-state index contributed by atoms with van der Waals surface area (Å²) in [7, 11) is 2.14. The highest BCUT2D eigenvalue weighted by Crippen LogP contribution is 2.22. The normalized spacial score (nSPS) is 17.7. The van der Waals surface area contributed by atoms with Crippen LogP contribution in [0.5, 0.6) is 0 Å². The summed E-state index contributed by atoms with van der Waals surface area (Å²) in [6.07, 6.45) is 0. The number of thiocarbonyl (C=S) groups is 1. The number of nitrogens with zero attached hydrogens (tertiary/aromatic N) is 2. The Bertz CT molecular complexity index is 444. The van der Waals surface area contributed by atoms with Crippen LogP contribution in [0, 0.1) is 0 Å². The van der Waals surface area contributed by atoms with Crippen molar-refractivity contribution in [3.05, 3.63) is 28.2 Å². The molecule has 1 aliphatic heterocycles. The lowest BCUT2D eigenvalue weighted by Gasteiger charge is -2.33. The van der Waals surface area contributed by atoms with E-state index >= 15 is 0 Å². The average Bonchev–Trinajstić information content (AvgIpc) is 2.32. The summed E-state index contributed by atoms with van der Waals surface area (Å²) in [5, 5.41) is 2.20. The zero-order chi connectivity index (χ0) is 13.1. The number of nitrogens with one attached hydrogen (secondary N) is 1. The zero-order valence-electron chi connectivity index (χ0n) is 10.3. The van der Waals surface area contributed by atoms with Crippen LogP contribution in [0.25, 0.3) is 0 Å². The van der Waals surface area contributed by atoms with Crippen molar-refractivity contribution in [2.45, 2.75) is 0 Å². The molecular formula is C12H17BrN4S. The number of hydrogen-bond acceptors (Lipinski definition) is 4. The van der Waals surface area contributed by atoms with Gasteiger partial charge in [-0.05, 0) is 25.2 Å². The molecule has 0 aromatic heterocycles.